The lowest BCUT2D eigenvalue weighted by molar-refractivity contribution is 0.185. The second kappa shape index (κ2) is 6.20. The van der Waals surface area contributed by atoms with E-state index in [2.05, 4.69) is 17.5 Å². The number of rotatable bonds is 5. The summed E-state index contributed by atoms with van der Waals surface area (Å²) < 4.78 is 5.10. The number of benzene rings is 1. The fourth-order valence-corrected chi connectivity index (χ4v) is 2.41. The molecule has 0 saturated heterocycles. The quantitative estimate of drug-likeness (QED) is 0.894. The molecule has 0 radical (unpaired) electrons. The van der Waals surface area contributed by atoms with E-state index in [0.717, 1.165) is 28.2 Å². The zero-order chi connectivity index (χ0) is 12.8. The first-order chi connectivity index (χ1) is 8.81. The molecule has 1 aromatic carbocycles. The Kier molecular flexibility index (Phi) is 4.35. The van der Waals surface area contributed by atoms with Gasteiger partial charge in [0, 0.05) is 29.6 Å². The minimum Gasteiger partial charge on any atom is -0.380 e. The molecule has 4 heteroatoms. The van der Waals surface area contributed by atoms with Gasteiger partial charge < -0.3 is 10.1 Å². The van der Waals surface area contributed by atoms with Crippen molar-refractivity contribution in [1.29, 1.82) is 5.26 Å². The summed E-state index contributed by atoms with van der Waals surface area (Å²) in [4.78, 5) is 1.16. The van der Waals surface area contributed by atoms with Gasteiger partial charge in [-0.2, -0.15) is 5.26 Å². The van der Waals surface area contributed by atoms with Crippen molar-refractivity contribution in [1.82, 2.24) is 0 Å². The van der Waals surface area contributed by atoms with Gasteiger partial charge in [-0.25, -0.2) is 0 Å². The van der Waals surface area contributed by atoms with Crippen LogP contribution >= 0.6 is 11.3 Å². The lowest BCUT2D eigenvalue weighted by Crippen LogP contribution is -1.98. The van der Waals surface area contributed by atoms with E-state index in [1.807, 2.05) is 29.6 Å². The van der Waals surface area contributed by atoms with Crippen molar-refractivity contribution >= 4 is 17.0 Å². The number of ether oxygens (including phenoxy) is 1. The molecule has 2 rings (SSSR count). The molecule has 1 heterocycles. The third kappa shape index (κ3) is 3.33. The Morgan fingerprint density at radius 2 is 2.28 bits per heavy atom. The van der Waals surface area contributed by atoms with E-state index < -0.39 is 0 Å². The first-order valence-electron chi connectivity index (χ1n) is 5.61. The smallest absolute Gasteiger partial charge is 0.100 e. The number of anilines is 1. The first kappa shape index (κ1) is 12.6. The Morgan fingerprint density at radius 1 is 1.39 bits per heavy atom. The van der Waals surface area contributed by atoms with Gasteiger partial charge >= 0.3 is 0 Å². The van der Waals surface area contributed by atoms with Crippen molar-refractivity contribution in [3.05, 3.63) is 51.7 Å². The fraction of sp³-hybridized carbons (Fsp3) is 0.214. The number of methoxy groups -OCH3 is 1. The molecule has 0 spiro atoms. The van der Waals surface area contributed by atoms with Gasteiger partial charge in [0.1, 0.15) is 6.07 Å². The molecule has 0 aliphatic heterocycles. The average molecular weight is 258 g/mol. The molecule has 0 saturated carbocycles. The molecule has 0 amide bonds. The van der Waals surface area contributed by atoms with Crippen molar-refractivity contribution in [3.63, 3.8) is 0 Å². The third-order valence-electron chi connectivity index (χ3n) is 2.49. The Balaban J connectivity index is 1.97. The van der Waals surface area contributed by atoms with Crippen LogP contribution in [0.15, 0.2) is 35.7 Å². The van der Waals surface area contributed by atoms with Crippen molar-refractivity contribution in [3.8, 4) is 6.07 Å². The van der Waals surface area contributed by atoms with E-state index in [4.69, 9.17) is 10.00 Å². The number of nitriles is 1. The summed E-state index contributed by atoms with van der Waals surface area (Å²) in [6, 6.07) is 12.2. The molecular weight excluding hydrogens is 244 g/mol. The molecule has 0 aliphatic carbocycles. The maximum absolute atomic E-state index is 8.75. The van der Waals surface area contributed by atoms with E-state index in [1.54, 1.807) is 18.4 Å². The van der Waals surface area contributed by atoms with Gasteiger partial charge in [-0.3, -0.25) is 0 Å². The molecule has 18 heavy (non-hydrogen) atoms. The molecule has 0 fully saturated rings. The Hall–Kier alpha value is -1.83. The predicted octanol–water partition coefficient (Wildman–Crippen LogP) is 3.38. The molecule has 0 bridgehead atoms. The topological polar surface area (TPSA) is 45.0 Å². The lowest BCUT2D eigenvalue weighted by Gasteiger charge is -2.06. The zero-order valence-electron chi connectivity index (χ0n) is 10.1. The van der Waals surface area contributed by atoms with Crippen molar-refractivity contribution in [2.75, 3.05) is 12.4 Å². The minimum absolute atomic E-state index is 0.618. The summed E-state index contributed by atoms with van der Waals surface area (Å²) in [6.45, 7) is 1.36. The first-order valence-corrected chi connectivity index (χ1v) is 6.49. The third-order valence-corrected chi connectivity index (χ3v) is 3.42. The van der Waals surface area contributed by atoms with Crippen LogP contribution in [0.25, 0.3) is 0 Å². The van der Waals surface area contributed by atoms with E-state index in [-0.39, 0.29) is 0 Å². The Morgan fingerprint density at radius 3 is 3.00 bits per heavy atom. The summed E-state index contributed by atoms with van der Waals surface area (Å²) in [5.41, 5.74) is 2.94. The van der Waals surface area contributed by atoms with Crippen LogP contribution in [0, 0.1) is 11.3 Å². The van der Waals surface area contributed by atoms with E-state index >= 15 is 0 Å². The molecule has 0 unspecified atom stereocenters. The summed E-state index contributed by atoms with van der Waals surface area (Å²) in [5, 5.41) is 14.0. The molecular formula is C14H14N2OS. The summed E-state index contributed by atoms with van der Waals surface area (Å²) in [5.74, 6) is 0. The lowest BCUT2D eigenvalue weighted by atomic mass is 10.2. The molecule has 92 valence electrons. The van der Waals surface area contributed by atoms with Gasteiger partial charge in [0.15, 0.2) is 0 Å². The van der Waals surface area contributed by atoms with Crippen LogP contribution in [0.1, 0.15) is 16.0 Å². The van der Waals surface area contributed by atoms with Gasteiger partial charge in [-0.1, -0.05) is 12.1 Å². The highest BCUT2D eigenvalue weighted by Crippen LogP contribution is 2.17. The Bertz CT molecular complexity index is 557. The highest BCUT2D eigenvalue weighted by Gasteiger charge is 2.00. The van der Waals surface area contributed by atoms with Gasteiger partial charge in [0.05, 0.1) is 12.2 Å². The zero-order valence-corrected chi connectivity index (χ0v) is 11.0. The second-order valence-electron chi connectivity index (χ2n) is 3.90. The van der Waals surface area contributed by atoms with Crippen LogP contribution in [0.4, 0.5) is 5.69 Å². The SMILES string of the molecule is COCc1cccc(NCc2cc(C#N)cs2)c1. The van der Waals surface area contributed by atoms with Crippen molar-refractivity contribution in [2.45, 2.75) is 13.2 Å². The maximum atomic E-state index is 8.75. The summed E-state index contributed by atoms with van der Waals surface area (Å²) >= 11 is 1.60. The number of nitrogens with one attached hydrogen (secondary N) is 1. The van der Waals surface area contributed by atoms with Crippen LogP contribution in [-0.2, 0) is 17.9 Å². The normalized spacial score (nSPS) is 10.0. The summed E-state index contributed by atoms with van der Waals surface area (Å²) in [7, 11) is 1.69. The number of thiophene rings is 1. The van der Waals surface area contributed by atoms with Crippen LogP contribution < -0.4 is 5.32 Å². The average Bonchev–Trinajstić information content (AvgIpc) is 2.85. The van der Waals surface area contributed by atoms with E-state index in [1.165, 1.54) is 0 Å². The van der Waals surface area contributed by atoms with Gasteiger partial charge in [-0.05, 0) is 23.8 Å². The van der Waals surface area contributed by atoms with Crippen molar-refractivity contribution < 1.29 is 4.74 Å². The van der Waals surface area contributed by atoms with E-state index in [0.29, 0.717) is 6.61 Å². The van der Waals surface area contributed by atoms with Crippen LogP contribution in [0.2, 0.25) is 0 Å². The number of nitrogens with zero attached hydrogens (tertiary/aromatic N) is 1. The molecule has 1 aromatic heterocycles. The monoisotopic (exact) mass is 258 g/mol. The van der Waals surface area contributed by atoms with Gasteiger partial charge in [0.25, 0.3) is 0 Å². The van der Waals surface area contributed by atoms with Gasteiger partial charge in [0.2, 0.25) is 0 Å². The minimum atomic E-state index is 0.618. The highest BCUT2D eigenvalue weighted by atomic mass is 32.1. The molecule has 3 nitrogen and oxygen atoms in total. The molecule has 1 N–H and O–H groups in total. The molecule has 0 aliphatic rings. The largest absolute Gasteiger partial charge is 0.380 e. The standard InChI is InChI=1S/C14H14N2OS/c1-17-9-11-3-2-4-13(5-11)16-8-14-6-12(7-15)10-18-14/h2-6,10,16H,8-9H2,1H3. The number of hydrogen-bond acceptors (Lipinski definition) is 4. The molecule has 2 aromatic rings. The van der Waals surface area contributed by atoms with Crippen molar-refractivity contribution in [2.24, 2.45) is 0 Å². The van der Waals surface area contributed by atoms with Crippen LogP contribution in [0.3, 0.4) is 0 Å². The number of hydrogen-bond donors (Lipinski definition) is 1. The highest BCUT2D eigenvalue weighted by molar-refractivity contribution is 7.10. The fourth-order valence-electron chi connectivity index (χ4n) is 1.66. The Labute approximate surface area is 111 Å². The maximum Gasteiger partial charge on any atom is 0.100 e. The summed E-state index contributed by atoms with van der Waals surface area (Å²) in [6.07, 6.45) is 0. The predicted molar refractivity (Wildman–Crippen MR) is 73.5 cm³/mol. The molecule has 0 atom stereocenters. The second-order valence-corrected chi connectivity index (χ2v) is 4.90. The van der Waals surface area contributed by atoms with Crippen LogP contribution in [-0.4, -0.2) is 7.11 Å². The van der Waals surface area contributed by atoms with Gasteiger partial charge in [-0.15, -0.1) is 11.3 Å². The van der Waals surface area contributed by atoms with Crippen LogP contribution in [0.5, 0.6) is 0 Å². The van der Waals surface area contributed by atoms with E-state index in [9.17, 15) is 0 Å².